The minimum atomic E-state index is -0.132. The third-order valence-corrected chi connectivity index (χ3v) is 5.60. The molecular formula is C24H26N4O2. The molecular weight excluding hydrogens is 376 g/mol. The number of nitrogens with one attached hydrogen (secondary N) is 1. The molecule has 1 N–H and O–H groups in total. The summed E-state index contributed by atoms with van der Waals surface area (Å²) < 4.78 is 7.30. The average Bonchev–Trinajstić information content (AvgIpc) is 3.12. The summed E-state index contributed by atoms with van der Waals surface area (Å²) in [4.78, 5) is 17.4. The molecule has 0 aliphatic carbocycles. The van der Waals surface area contributed by atoms with Crippen LogP contribution < -0.4 is 10.1 Å². The lowest BCUT2D eigenvalue weighted by Gasteiger charge is -2.17. The summed E-state index contributed by atoms with van der Waals surface area (Å²) in [6, 6.07) is 15.6. The van der Waals surface area contributed by atoms with E-state index in [-0.39, 0.29) is 11.9 Å². The minimum Gasteiger partial charge on any atom is -0.496 e. The zero-order valence-corrected chi connectivity index (χ0v) is 17.8. The number of aryl methyl sites for hydroxylation is 2. The van der Waals surface area contributed by atoms with E-state index < -0.39 is 0 Å². The molecule has 2 aromatic carbocycles. The highest BCUT2D eigenvalue weighted by atomic mass is 16.5. The van der Waals surface area contributed by atoms with Gasteiger partial charge in [0.2, 0.25) is 5.91 Å². The van der Waals surface area contributed by atoms with Crippen LogP contribution in [0.4, 0.5) is 0 Å². The monoisotopic (exact) mass is 402 g/mol. The summed E-state index contributed by atoms with van der Waals surface area (Å²) in [7, 11) is 1.64. The molecule has 154 valence electrons. The van der Waals surface area contributed by atoms with Crippen molar-refractivity contribution in [1.82, 2.24) is 19.9 Å². The molecule has 0 aliphatic rings. The zero-order valence-electron chi connectivity index (χ0n) is 17.8. The van der Waals surface area contributed by atoms with E-state index in [1.54, 1.807) is 7.11 Å². The van der Waals surface area contributed by atoms with Crippen molar-refractivity contribution >= 4 is 22.5 Å². The molecule has 2 heterocycles. The maximum atomic E-state index is 12.6. The molecule has 2 aromatic heterocycles. The summed E-state index contributed by atoms with van der Waals surface area (Å²) >= 11 is 0. The normalized spacial score (nSPS) is 12.3. The Bertz CT molecular complexity index is 1230. The summed E-state index contributed by atoms with van der Waals surface area (Å²) in [6.07, 6.45) is 0.996. The Balaban J connectivity index is 1.52. The first-order chi connectivity index (χ1) is 14.5. The number of carbonyl (C=O) groups excluding carboxylic acids is 1. The molecule has 1 unspecified atom stereocenters. The van der Waals surface area contributed by atoms with Gasteiger partial charge < -0.3 is 10.1 Å². The van der Waals surface area contributed by atoms with Crippen LogP contribution in [0.15, 0.2) is 48.5 Å². The van der Waals surface area contributed by atoms with Crippen LogP contribution in [0.1, 0.15) is 41.9 Å². The molecule has 30 heavy (non-hydrogen) atoms. The highest BCUT2D eigenvalue weighted by Crippen LogP contribution is 2.25. The SMILES string of the molecule is COc1ccccc1C(C)NC(=O)CCc1c(C)nc2c3ccccc3nn2c1C. The van der Waals surface area contributed by atoms with E-state index in [9.17, 15) is 4.79 Å². The topological polar surface area (TPSA) is 68.5 Å². The molecule has 0 radical (unpaired) electrons. The van der Waals surface area contributed by atoms with Crippen molar-refractivity contribution in [3.63, 3.8) is 0 Å². The number of para-hydroxylation sites is 1. The molecule has 6 nitrogen and oxygen atoms in total. The fourth-order valence-electron chi connectivity index (χ4n) is 3.99. The van der Waals surface area contributed by atoms with Crippen molar-refractivity contribution in [3.05, 3.63) is 71.0 Å². The Labute approximate surface area is 175 Å². The van der Waals surface area contributed by atoms with Gasteiger partial charge in [-0.25, -0.2) is 9.50 Å². The van der Waals surface area contributed by atoms with E-state index >= 15 is 0 Å². The van der Waals surface area contributed by atoms with Gasteiger partial charge in [0, 0.05) is 28.8 Å². The number of aromatic nitrogens is 3. The molecule has 6 heteroatoms. The minimum absolute atomic E-state index is 0.00192. The fraction of sp³-hybridized carbons (Fsp3) is 0.292. The second kappa shape index (κ2) is 8.14. The Morgan fingerprint density at radius 1 is 1.13 bits per heavy atom. The number of benzene rings is 2. The number of carbonyl (C=O) groups is 1. The number of methoxy groups -OCH3 is 1. The summed E-state index contributed by atoms with van der Waals surface area (Å²) in [5, 5.41) is 8.81. The molecule has 4 aromatic rings. The van der Waals surface area contributed by atoms with Crippen LogP contribution in [0.3, 0.4) is 0 Å². The van der Waals surface area contributed by atoms with Crippen LogP contribution in [0, 0.1) is 13.8 Å². The molecule has 1 amide bonds. The van der Waals surface area contributed by atoms with Crippen molar-refractivity contribution in [2.45, 2.75) is 39.7 Å². The largest absolute Gasteiger partial charge is 0.496 e. The Morgan fingerprint density at radius 3 is 2.67 bits per heavy atom. The van der Waals surface area contributed by atoms with E-state index in [4.69, 9.17) is 14.8 Å². The molecule has 0 aliphatic heterocycles. The van der Waals surface area contributed by atoms with Gasteiger partial charge in [-0.1, -0.05) is 30.3 Å². The van der Waals surface area contributed by atoms with Crippen molar-refractivity contribution in [3.8, 4) is 5.75 Å². The van der Waals surface area contributed by atoms with Crippen LogP contribution in [-0.4, -0.2) is 27.6 Å². The quantitative estimate of drug-likeness (QED) is 0.522. The van der Waals surface area contributed by atoms with Gasteiger partial charge in [-0.2, -0.15) is 5.10 Å². The van der Waals surface area contributed by atoms with Crippen LogP contribution in [-0.2, 0) is 11.2 Å². The van der Waals surface area contributed by atoms with E-state index in [2.05, 4.69) is 5.32 Å². The lowest BCUT2D eigenvalue weighted by molar-refractivity contribution is -0.121. The summed E-state index contributed by atoms with van der Waals surface area (Å²) in [5.41, 5.74) is 5.78. The number of hydrogen-bond acceptors (Lipinski definition) is 4. The Kier molecular flexibility index (Phi) is 5.40. The van der Waals surface area contributed by atoms with E-state index in [0.717, 1.165) is 44.8 Å². The Morgan fingerprint density at radius 2 is 1.87 bits per heavy atom. The van der Waals surface area contributed by atoms with E-state index in [1.807, 2.05) is 73.8 Å². The lowest BCUT2D eigenvalue weighted by atomic mass is 10.0. The fourth-order valence-corrected chi connectivity index (χ4v) is 3.99. The average molecular weight is 402 g/mol. The number of nitrogens with zero attached hydrogens (tertiary/aromatic N) is 3. The van der Waals surface area contributed by atoms with Gasteiger partial charge in [0.05, 0.1) is 18.7 Å². The van der Waals surface area contributed by atoms with Crippen molar-refractivity contribution in [1.29, 1.82) is 0 Å². The Hall–Kier alpha value is -3.41. The van der Waals surface area contributed by atoms with Crippen LogP contribution in [0.5, 0.6) is 5.75 Å². The van der Waals surface area contributed by atoms with Crippen molar-refractivity contribution in [2.75, 3.05) is 7.11 Å². The molecule has 4 rings (SSSR count). The van der Waals surface area contributed by atoms with E-state index in [0.29, 0.717) is 12.8 Å². The van der Waals surface area contributed by atoms with Gasteiger partial charge in [-0.15, -0.1) is 0 Å². The molecule has 0 saturated heterocycles. The highest BCUT2D eigenvalue weighted by Gasteiger charge is 2.17. The maximum Gasteiger partial charge on any atom is 0.220 e. The number of fused-ring (bicyclic) bond motifs is 3. The van der Waals surface area contributed by atoms with Crippen LogP contribution >= 0.6 is 0 Å². The van der Waals surface area contributed by atoms with Gasteiger partial charge in [-0.3, -0.25) is 4.79 Å². The number of amides is 1. The number of ether oxygens (including phenoxy) is 1. The third kappa shape index (κ3) is 3.61. The second-order valence-corrected chi connectivity index (χ2v) is 7.54. The van der Waals surface area contributed by atoms with Crippen molar-refractivity contribution < 1.29 is 9.53 Å². The summed E-state index contributed by atoms with van der Waals surface area (Å²) in [6.45, 7) is 6.01. The first kappa shape index (κ1) is 19.9. The third-order valence-electron chi connectivity index (χ3n) is 5.60. The predicted molar refractivity (Wildman–Crippen MR) is 118 cm³/mol. The first-order valence-electron chi connectivity index (χ1n) is 10.2. The maximum absolute atomic E-state index is 12.6. The number of hydrogen-bond donors (Lipinski definition) is 1. The molecule has 1 atom stereocenters. The highest BCUT2D eigenvalue weighted by molar-refractivity contribution is 5.92. The van der Waals surface area contributed by atoms with Gasteiger partial charge in [-0.05, 0) is 51.0 Å². The first-order valence-corrected chi connectivity index (χ1v) is 10.2. The second-order valence-electron chi connectivity index (χ2n) is 7.54. The van der Waals surface area contributed by atoms with Gasteiger partial charge >= 0.3 is 0 Å². The number of rotatable bonds is 6. The smallest absolute Gasteiger partial charge is 0.220 e. The lowest BCUT2D eigenvalue weighted by Crippen LogP contribution is -2.27. The van der Waals surface area contributed by atoms with Crippen LogP contribution in [0.25, 0.3) is 16.6 Å². The van der Waals surface area contributed by atoms with E-state index in [1.165, 1.54) is 0 Å². The summed E-state index contributed by atoms with van der Waals surface area (Å²) in [5.74, 6) is 0.773. The molecule has 0 spiro atoms. The molecule has 0 bridgehead atoms. The molecule has 0 fully saturated rings. The zero-order chi connectivity index (χ0) is 21.3. The van der Waals surface area contributed by atoms with Crippen molar-refractivity contribution in [2.24, 2.45) is 0 Å². The van der Waals surface area contributed by atoms with Gasteiger partial charge in [0.1, 0.15) is 5.75 Å². The van der Waals surface area contributed by atoms with Crippen LogP contribution in [0.2, 0.25) is 0 Å². The standard InChI is InChI=1S/C24H26N4O2/c1-15-18(17(3)28-24(26-15)20-10-5-7-11-21(20)27-28)13-14-23(29)25-16(2)19-9-6-8-12-22(19)30-4/h5-12,16H,13-14H2,1-4H3,(H,25,29). The van der Waals surface area contributed by atoms with Gasteiger partial charge in [0.15, 0.2) is 5.65 Å². The predicted octanol–water partition coefficient (Wildman–Crippen LogP) is 4.32. The molecule has 0 saturated carbocycles. The van der Waals surface area contributed by atoms with Gasteiger partial charge in [0.25, 0.3) is 0 Å².